The zero-order valence-corrected chi connectivity index (χ0v) is 19.8. The molecule has 5 N–H and O–H groups in total. The SMILES string of the molecule is COCC(=O)N1CCN(C(=O)C2CC[NH2+]CC2)C[C@@H]1C(=O)N[C@@H](CC1CCCCC1)C(N)=O. The van der Waals surface area contributed by atoms with Crippen molar-refractivity contribution in [1.82, 2.24) is 15.1 Å². The van der Waals surface area contributed by atoms with Gasteiger partial charge < -0.3 is 30.9 Å². The third-order valence-corrected chi connectivity index (χ3v) is 7.32. The van der Waals surface area contributed by atoms with Gasteiger partial charge in [0.2, 0.25) is 23.6 Å². The molecule has 0 unspecified atom stereocenters. The van der Waals surface area contributed by atoms with Crippen LogP contribution in [0.2, 0.25) is 0 Å². The minimum Gasteiger partial charge on any atom is -0.375 e. The highest BCUT2D eigenvalue weighted by Gasteiger charge is 2.40. The van der Waals surface area contributed by atoms with E-state index in [9.17, 15) is 19.2 Å². The van der Waals surface area contributed by atoms with Crippen LogP contribution < -0.4 is 16.4 Å². The minimum atomic E-state index is -0.867. The third-order valence-electron chi connectivity index (χ3n) is 7.32. The van der Waals surface area contributed by atoms with E-state index < -0.39 is 23.9 Å². The van der Waals surface area contributed by atoms with Crippen LogP contribution in [0.25, 0.3) is 0 Å². The number of quaternary nitrogens is 1. The average molecular weight is 467 g/mol. The molecule has 0 aromatic carbocycles. The molecule has 2 atom stereocenters. The van der Waals surface area contributed by atoms with Gasteiger partial charge in [0.1, 0.15) is 18.7 Å². The van der Waals surface area contributed by atoms with Gasteiger partial charge in [-0.2, -0.15) is 0 Å². The lowest BCUT2D eigenvalue weighted by atomic mass is 9.84. The lowest BCUT2D eigenvalue weighted by molar-refractivity contribution is -0.664. The van der Waals surface area contributed by atoms with Gasteiger partial charge in [0, 0.05) is 39.0 Å². The van der Waals surface area contributed by atoms with Gasteiger partial charge in [-0.25, -0.2) is 0 Å². The van der Waals surface area contributed by atoms with Crippen LogP contribution >= 0.6 is 0 Å². The molecule has 0 spiro atoms. The highest BCUT2D eigenvalue weighted by Crippen LogP contribution is 2.27. The fourth-order valence-corrected chi connectivity index (χ4v) is 5.41. The lowest BCUT2D eigenvalue weighted by Gasteiger charge is -2.42. The summed E-state index contributed by atoms with van der Waals surface area (Å²) in [5.41, 5.74) is 5.63. The van der Waals surface area contributed by atoms with E-state index in [0.29, 0.717) is 18.9 Å². The second kappa shape index (κ2) is 12.3. The number of amides is 4. The van der Waals surface area contributed by atoms with Crippen molar-refractivity contribution in [2.75, 3.05) is 46.4 Å². The van der Waals surface area contributed by atoms with Crippen LogP contribution in [0.3, 0.4) is 0 Å². The van der Waals surface area contributed by atoms with Crippen molar-refractivity contribution in [1.29, 1.82) is 0 Å². The number of nitrogens with two attached hydrogens (primary N) is 2. The quantitative estimate of drug-likeness (QED) is 0.403. The van der Waals surface area contributed by atoms with Gasteiger partial charge in [0.05, 0.1) is 19.6 Å². The molecule has 0 bridgehead atoms. The topological polar surface area (TPSA) is 139 Å². The predicted molar refractivity (Wildman–Crippen MR) is 121 cm³/mol. The molecule has 186 valence electrons. The number of hydrogen-bond donors (Lipinski definition) is 3. The monoisotopic (exact) mass is 466 g/mol. The maximum atomic E-state index is 13.3. The molecule has 2 saturated heterocycles. The summed E-state index contributed by atoms with van der Waals surface area (Å²) in [5.74, 6) is -0.937. The molecule has 4 amide bonds. The first kappa shape index (κ1) is 25.4. The standard InChI is InChI=1S/C23H39N5O5/c1-33-15-20(29)28-12-11-27(23(32)17-7-9-25-10-8-17)14-19(28)22(31)26-18(21(24)30)13-16-5-3-2-4-6-16/h16-19,25H,2-15H2,1H3,(H2,24,30)(H,26,31)/p+1/t18-,19+/m0/s1. The molecule has 1 saturated carbocycles. The number of primary amides is 1. The van der Waals surface area contributed by atoms with E-state index in [1.807, 2.05) is 0 Å². The summed E-state index contributed by atoms with van der Waals surface area (Å²) in [6.45, 7) is 2.48. The van der Waals surface area contributed by atoms with Crippen molar-refractivity contribution in [3.05, 3.63) is 0 Å². The predicted octanol–water partition coefficient (Wildman–Crippen LogP) is -1.41. The average Bonchev–Trinajstić information content (AvgIpc) is 2.84. The molecule has 10 nitrogen and oxygen atoms in total. The zero-order valence-electron chi connectivity index (χ0n) is 19.8. The van der Waals surface area contributed by atoms with Crippen LogP contribution in [0, 0.1) is 11.8 Å². The Labute approximate surface area is 195 Å². The van der Waals surface area contributed by atoms with Crippen molar-refractivity contribution in [3.63, 3.8) is 0 Å². The Kier molecular flexibility index (Phi) is 9.49. The van der Waals surface area contributed by atoms with E-state index in [2.05, 4.69) is 10.6 Å². The number of ether oxygens (including phenoxy) is 1. The summed E-state index contributed by atoms with van der Waals surface area (Å²) in [7, 11) is 1.43. The van der Waals surface area contributed by atoms with Crippen LogP contribution in [0.15, 0.2) is 0 Å². The molecule has 0 radical (unpaired) electrons. The smallest absolute Gasteiger partial charge is 0.249 e. The first-order chi connectivity index (χ1) is 15.9. The number of hydrogen-bond acceptors (Lipinski definition) is 5. The van der Waals surface area contributed by atoms with E-state index in [1.165, 1.54) is 18.4 Å². The molecule has 10 heteroatoms. The van der Waals surface area contributed by atoms with E-state index in [1.54, 1.807) is 4.90 Å². The molecule has 3 fully saturated rings. The van der Waals surface area contributed by atoms with Crippen LogP contribution in [-0.4, -0.2) is 92.0 Å². The Morgan fingerprint density at radius 2 is 1.76 bits per heavy atom. The number of carbonyl (C=O) groups is 4. The molecule has 0 aromatic rings. The van der Waals surface area contributed by atoms with Gasteiger partial charge >= 0.3 is 0 Å². The number of rotatable bonds is 8. The Bertz CT molecular complexity index is 705. The number of piperazine rings is 1. The minimum absolute atomic E-state index is 0.0374. The molecular weight excluding hydrogens is 426 g/mol. The molecular formula is C23H40N5O5+. The Balaban J connectivity index is 1.69. The van der Waals surface area contributed by atoms with Crippen LogP contribution in [0.5, 0.6) is 0 Å². The fraction of sp³-hybridized carbons (Fsp3) is 0.826. The van der Waals surface area contributed by atoms with E-state index in [4.69, 9.17) is 10.5 Å². The van der Waals surface area contributed by atoms with Gasteiger partial charge in [-0.15, -0.1) is 0 Å². The Morgan fingerprint density at radius 1 is 1.06 bits per heavy atom. The molecule has 2 aliphatic heterocycles. The Morgan fingerprint density at radius 3 is 2.39 bits per heavy atom. The highest BCUT2D eigenvalue weighted by atomic mass is 16.5. The number of piperidine rings is 1. The van der Waals surface area contributed by atoms with E-state index in [-0.39, 0.29) is 37.4 Å². The molecule has 2 heterocycles. The number of carbonyl (C=O) groups excluding carboxylic acids is 4. The van der Waals surface area contributed by atoms with Crippen molar-refractivity contribution >= 4 is 23.6 Å². The first-order valence-corrected chi connectivity index (χ1v) is 12.4. The van der Waals surface area contributed by atoms with Gasteiger partial charge in [-0.05, 0) is 12.3 Å². The summed E-state index contributed by atoms with van der Waals surface area (Å²) in [4.78, 5) is 54.4. The van der Waals surface area contributed by atoms with Crippen molar-refractivity contribution in [2.45, 2.75) is 63.5 Å². The van der Waals surface area contributed by atoms with Crippen LogP contribution in [0.4, 0.5) is 0 Å². The van der Waals surface area contributed by atoms with Crippen LogP contribution in [0.1, 0.15) is 51.4 Å². The molecule has 1 aliphatic carbocycles. The second-order valence-corrected chi connectivity index (χ2v) is 9.66. The van der Waals surface area contributed by atoms with Gasteiger partial charge in [0.25, 0.3) is 0 Å². The second-order valence-electron chi connectivity index (χ2n) is 9.66. The zero-order chi connectivity index (χ0) is 23.8. The highest BCUT2D eigenvalue weighted by molar-refractivity contribution is 5.93. The molecule has 0 aromatic heterocycles. The molecule has 3 rings (SSSR count). The molecule has 33 heavy (non-hydrogen) atoms. The van der Waals surface area contributed by atoms with Crippen molar-refractivity contribution < 1.29 is 29.2 Å². The lowest BCUT2D eigenvalue weighted by Crippen LogP contribution is -2.86. The Hall–Kier alpha value is -2.20. The van der Waals surface area contributed by atoms with Gasteiger partial charge in [-0.1, -0.05) is 32.1 Å². The fourth-order valence-electron chi connectivity index (χ4n) is 5.41. The number of methoxy groups -OCH3 is 1. The first-order valence-electron chi connectivity index (χ1n) is 12.4. The summed E-state index contributed by atoms with van der Waals surface area (Å²) < 4.78 is 4.99. The maximum absolute atomic E-state index is 13.3. The summed E-state index contributed by atoms with van der Waals surface area (Å²) in [6.07, 6.45) is 7.68. The largest absolute Gasteiger partial charge is 0.375 e. The van der Waals surface area contributed by atoms with Gasteiger partial charge in [0.15, 0.2) is 0 Å². The molecule has 3 aliphatic rings. The summed E-state index contributed by atoms with van der Waals surface area (Å²) in [6, 6.07) is -1.64. The number of nitrogens with zero attached hydrogens (tertiary/aromatic N) is 2. The van der Waals surface area contributed by atoms with Crippen molar-refractivity contribution in [2.24, 2.45) is 17.6 Å². The van der Waals surface area contributed by atoms with Crippen molar-refractivity contribution in [3.8, 4) is 0 Å². The maximum Gasteiger partial charge on any atom is 0.249 e. The van der Waals surface area contributed by atoms with E-state index >= 15 is 0 Å². The summed E-state index contributed by atoms with van der Waals surface area (Å²) >= 11 is 0. The normalized spacial score (nSPS) is 23.7. The van der Waals surface area contributed by atoms with Gasteiger partial charge in [-0.3, -0.25) is 19.2 Å². The number of nitrogens with one attached hydrogen (secondary N) is 1. The van der Waals surface area contributed by atoms with E-state index in [0.717, 1.165) is 51.6 Å². The third kappa shape index (κ3) is 6.89. The summed E-state index contributed by atoms with van der Waals surface area (Å²) in [5, 5.41) is 5.01. The van der Waals surface area contributed by atoms with Crippen LogP contribution in [-0.2, 0) is 23.9 Å².